The molecular weight excluding hydrogens is 246 g/mol. The Balaban J connectivity index is 2.86. The standard InChI is InChI=1S/C10H15NO5S/c1-7(11-2)5-8-3-4-10(9(12)6-8)16-17(13,14)15/h3-4,6-7,11-12H,5H2,1-2H3,(H,13,14,15). The zero-order chi connectivity index (χ0) is 13.1. The molecule has 1 unspecified atom stereocenters. The molecule has 0 aliphatic carbocycles. The molecule has 17 heavy (non-hydrogen) atoms. The maximum atomic E-state index is 10.5. The average molecular weight is 261 g/mol. The van der Waals surface area contributed by atoms with Crippen LogP contribution in [0.1, 0.15) is 12.5 Å². The van der Waals surface area contributed by atoms with E-state index in [1.165, 1.54) is 12.1 Å². The number of rotatable bonds is 5. The Hall–Kier alpha value is -1.31. The van der Waals surface area contributed by atoms with Crippen LogP contribution < -0.4 is 9.50 Å². The SMILES string of the molecule is CNC(C)Cc1ccc(OS(=O)(=O)O)c(O)c1. The van der Waals surface area contributed by atoms with Gasteiger partial charge in [-0.15, -0.1) is 0 Å². The fourth-order valence-electron chi connectivity index (χ4n) is 1.33. The van der Waals surface area contributed by atoms with Crippen LogP contribution in [-0.4, -0.2) is 31.2 Å². The van der Waals surface area contributed by atoms with Gasteiger partial charge in [0.1, 0.15) is 0 Å². The van der Waals surface area contributed by atoms with Gasteiger partial charge in [0, 0.05) is 6.04 Å². The van der Waals surface area contributed by atoms with Crippen LogP contribution in [0, 0.1) is 0 Å². The van der Waals surface area contributed by atoms with Crippen LogP contribution in [0.15, 0.2) is 18.2 Å². The highest BCUT2D eigenvalue weighted by Gasteiger charge is 2.12. The van der Waals surface area contributed by atoms with Crippen LogP contribution in [0.25, 0.3) is 0 Å². The first-order valence-corrected chi connectivity index (χ1v) is 6.34. The molecule has 1 aromatic carbocycles. The highest BCUT2D eigenvalue weighted by molar-refractivity contribution is 7.81. The van der Waals surface area contributed by atoms with Crippen LogP contribution >= 0.6 is 0 Å². The molecule has 96 valence electrons. The molecule has 1 rings (SSSR count). The summed E-state index contributed by atoms with van der Waals surface area (Å²) in [7, 11) is -2.79. The molecular formula is C10H15NO5S. The highest BCUT2D eigenvalue weighted by Crippen LogP contribution is 2.28. The first-order valence-electron chi connectivity index (χ1n) is 4.98. The van der Waals surface area contributed by atoms with E-state index < -0.39 is 10.4 Å². The Kier molecular flexibility index (Phi) is 4.33. The minimum absolute atomic E-state index is 0.225. The predicted molar refractivity (Wildman–Crippen MR) is 62.5 cm³/mol. The van der Waals surface area contributed by atoms with Gasteiger partial charge < -0.3 is 14.6 Å². The van der Waals surface area contributed by atoms with Crippen LogP contribution in [0.4, 0.5) is 0 Å². The fourth-order valence-corrected chi connectivity index (χ4v) is 1.70. The second-order valence-electron chi connectivity index (χ2n) is 3.71. The zero-order valence-electron chi connectivity index (χ0n) is 9.54. The lowest BCUT2D eigenvalue weighted by atomic mass is 10.1. The summed E-state index contributed by atoms with van der Waals surface area (Å²) in [6.45, 7) is 1.97. The minimum Gasteiger partial charge on any atom is -0.504 e. The third kappa shape index (κ3) is 4.59. The normalized spacial score (nSPS) is 13.4. The molecule has 0 aliphatic heterocycles. The number of hydrogen-bond acceptors (Lipinski definition) is 5. The van der Waals surface area contributed by atoms with Crippen LogP contribution in [-0.2, 0) is 16.8 Å². The lowest BCUT2D eigenvalue weighted by molar-refractivity contribution is 0.370. The van der Waals surface area contributed by atoms with E-state index in [-0.39, 0.29) is 17.5 Å². The summed E-state index contributed by atoms with van der Waals surface area (Å²) in [4.78, 5) is 0. The Morgan fingerprint density at radius 2 is 2.12 bits per heavy atom. The monoisotopic (exact) mass is 261 g/mol. The van der Waals surface area contributed by atoms with E-state index in [1.54, 1.807) is 6.07 Å². The van der Waals surface area contributed by atoms with Crippen molar-refractivity contribution in [3.8, 4) is 11.5 Å². The molecule has 0 bridgehead atoms. The fraction of sp³-hybridized carbons (Fsp3) is 0.400. The third-order valence-electron chi connectivity index (χ3n) is 2.25. The first-order chi connectivity index (χ1) is 7.81. The molecule has 0 aliphatic rings. The van der Waals surface area contributed by atoms with Crippen molar-refractivity contribution < 1.29 is 22.3 Å². The maximum Gasteiger partial charge on any atom is 0.446 e. The number of phenolic OH excluding ortho intramolecular Hbond substituents is 1. The van der Waals surface area contributed by atoms with Gasteiger partial charge in [-0.2, -0.15) is 8.42 Å². The van der Waals surface area contributed by atoms with E-state index in [0.717, 1.165) is 5.56 Å². The van der Waals surface area contributed by atoms with Gasteiger partial charge >= 0.3 is 10.4 Å². The van der Waals surface area contributed by atoms with Gasteiger partial charge in [0.2, 0.25) is 0 Å². The number of benzene rings is 1. The minimum atomic E-state index is -4.61. The van der Waals surface area contributed by atoms with Crippen molar-refractivity contribution in [1.82, 2.24) is 5.32 Å². The first kappa shape index (κ1) is 13.8. The van der Waals surface area contributed by atoms with Crippen molar-refractivity contribution in [3.05, 3.63) is 23.8 Å². The van der Waals surface area contributed by atoms with E-state index in [1.807, 2.05) is 14.0 Å². The summed E-state index contributed by atoms with van der Waals surface area (Å²) < 4.78 is 33.6. The lowest BCUT2D eigenvalue weighted by Crippen LogP contribution is -2.23. The molecule has 0 fully saturated rings. The van der Waals surface area contributed by atoms with Gasteiger partial charge in [-0.05, 0) is 38.1 Å². The Bertz CT molecular complexity index is 485. The van der Waals surface area contributed by atoms with Gasteiger partial charge in [-0.3, -0.25) is 4.55 Å². The summed E-state index contributed by atoms with van der Waals surface area (Å²) >= 11 is 0. The number of phenols is 1. The van der Waals surface area contributed by atoms with Crippen molar-refractivity contribution in [2.75, 3.05) is 7.05 Å². The summed E-state index contributed by atoms with van der Waals surface area (Å²) in [5.41, 5.74) is 0.826. The summed E-state index contributed by atoms with van der Waals surface area (Å²) in [6.07, 6.45) is 0.677. The topological polar surface area (TPSA) is 95.9 Å². The molecule has 0 spiro atoms. The van der Waals surface area contributed by atoms with Crippen molar-refractivity contribution >= 4 is 10.4 Å². The number of aromatic hydroxyl groups is 1. The highest BCUT2D eigenvalue weighted by atomic mass is 32.3. The summed E-state index contributed by atoms with van der Waals surface area (Å²) in [6, 6.07) is 4.53. The van der Waals surface area contributed by atoms with E-state index in [0.29, 0.717) is 6.42 Å². The Morgan fingerprint density at radius 3 is 2.59 bits per heavy atom. The maximum absolute atomic E-state index is 10.5. The zero-order valence-corrected chi connectivity index (χ0v) is 10.4. The van der Waals surface area contributed by atoms with Crippen molar-refractivity contribution in [2.45, 2.75) is 19.4 Å². The molecule has 7 heteroatoms. The molecule has 1 aromatic rings. The quantitative estimate of drug-likeness (QED) is 0.676. The predicted octanol–water partition coefficient (Wildman–Crippen LogP) is 0.724. The molecule has 1 atom stereocenters. The largest absolute Gasteiger partial charge is 0.504 e. The molecule has 6 nitrogen and oxygen atoms in total. The van der Waals surface area contributed by atoms with Crippen molar-refractivity contribution in [1.29, 1.82) is 0 Å². The summed E-state index contributed by atoms with van der Waals surface area (Å²) in [5.74, 6) is -0.628. The number of nitrogens with one attached hydrogen (secondary N) is 1. The number of hydrogen-bond donors (Lipinski definition) is 3. The van der Waals surface area contributed by atoms with Crippen LogP contribution in [0.5, 0.6) is 11.5 Å². The second kappa shape index (κ2) is 5.35. The van der Waals surface area contributed by atoms with Gasteiger partial charge in [-0.25, -0.2) is 0 Å². The lowest BCUT2D eigenvalue weighted by Gasteiger charge is -2.11. The van der Waals surface area contributed by atoms with E-state index in [4.69, 9.17) is 4.55 Å². The molecule has 3 N–H and O–H groups in total. The van der Waals surface area contributed by atoms with Gasteiger partial charge in [0.15, 0.2) is 11.5 Å². The molecule has 0 heterocycles. The Morgan fingerprint density at radius 1 is 1.47 bits per heavy atom. The summed E-state index contributed by atoms with van der Waals surface area (Å²) in [5, 5.41) is 12.6. The van der Waals surface area contributed by atoms with Crippen molar-refractivity contribution in [2.24, 2.45) is 0 Å². The van der Waals surface area contributed by atoms with Gasteiger partial charge in [0.05, 0.1) is 0 Å². The molecule has 0 aromatic heterocycles. The number of likely N-dealkylation sites (N-methyl/N-ethyl adjacent to an activating group) is 1. The molecule has 0 saturated heterocycles. The molecule has 0 amide bonds. The Labute approximate surface area is 100 Å². The van der Waals surface area contributed by atoms with Gasteiger partial charge in [0.25, 0.3) is 0 Å². The second-order valence-corrected chi connectivity index (χ2v) is 4.73. The van der Waals surface area contributed by atoms with Crippen molar-refractivity contribution in [3.63, 3.8) is 0 Å². The average Bonchev–Trinajstić information content (AvgIpc) is 2.20. The smallest absolute Gasteiger partial charge is 0.446 e. The van der Waals surface area contributed by atoms with Gasteiger partial charge in [-0.1, -0.05) is 6.07 Å². The third-order valence-corrected chi connectivity index (χ3v) is 2.64. The van der Waals surface area contributed by atoms with E-state index in [9.17, 15) is 13.5 Å². The van der Waals surface area contributed by atoms with Crippen LogP contribution in [0.2, 0.25) is 0 Å². The van der Waals surface area contributed by atoms with Crippen LogP contribution in [0.3, 0.4) is 0 Å². The molecule has 0 saturated carbocycles. The van der Waals surface area contributed by atoms with E-state index >= 15 is 0 Å². The molecule has 0 radical (unpaired) electrons. The van der Waals surface area contributed by atoms with E-state index in [2.05, 4.69) is 9.50 Å².